The van der Waals surface area contributed by atoms with Crippen LogP contribution in [0.4, 0.5) is 4.39 Å². The molecular formula is C22H25FN4O3. The van der Waals surface area contributed by atoms with Crippen LogP contribution in [0.5, 0.6) is 0 Å². The number of hydrogen-bond donors (Lipinski definition) is 0. The van der Waals surface area contributed by atoms with Crippen molar-refractivity contribution in [2.45, 2.75) is 25.4 Å². The van der Waals surface area contributed by atoms with Crippen LogP contribution in [0.1, 0.15) is 34.0 Å². The van der Waals surface area contributed by atoms with Gasteiger partial charge >= 0.3 is 0 Å². The zero-order valence-electron chi connectivity index (χ0n) is 16.8. The maximum atomic E-state index is 13.5. The number of carbonyl (C=O) groups excluding carboxylic acids is 1. The Labute approximate surface area is 174 Å². The molecule has 2 aromatic rings. The number of ether oxygens (including phenoxy) is 1. The number of amides is 1. The van der Waals surface area contributed by atoms with Gasteiger partial charge in [-0.15, -0.1) is 0 Å². The maximum Gasteiger partial charge on any atom is 0.255 e. The highest BCUT2D eigenvalue weighted by molar-refractivity contribution is 5.94. The minimum absolute atomic E-state index is 0.0859. The van der Waals surface area contributed by atoms with Gasteiger partial charge in [-0.3, -0.25) is 19.5 Å². The predicted octanol–water partition coefficient (Wildman–Crippen LogP) is 1.47. The van der Waals surface area contributed by atoms with E-state index in [0.29, 0.717) is 39.4 Å². The second-order valence-electron chi connectivity index (χ2n) is 8.49. The Morgan fingerprint density at radius 2 is 2.00 bits per heavy atom. The van der Waals surface area contributed by atoms with Crippen molar-refractivity contribution in [3.8, 4) is 0 Å². The highest BCUT2D eigenvalue weighted by Crippen LogP contribution is 2.35. The molecule has 0 radical (unpaired) electrons. The Kier molecular flexibility index (Phi) is 5.12. The van der Waals surface area contributed by atoms with Crippen molar-refractivity contribution in [1.82, 2.24) is 19.4 Å². The number of nitrogens with zero attached hydrogens (tertiary/aromatic N) is 4. The van der Waals surface area contributed by atoms with Gasteiger partial charge in [0.05, 0.1) is 25.0 Å². The van der Waals surface area contributed by atoms with Crippen molar-refractivity contribution >= 4 is 5.91 Å². The topological polar surface area (TPSA) is 67.7 Å². The minimum Gasteiger partial charge on any atom is -0.379 e. The molecule has 0 saturated carbocycles. The van der Waals surface area contributed by atoms with Crippen LogP contribution in [-0.4, -0.2) is 64.7 Å². The number of morpholine rings is 1. The summed E-state index contributed by atoms with van der Waals surface area (Å²) in [4.78, 5) is 33.9. The lowest BCUT2D eigenvalue weighted by Gasteiger charge is -2.43. The molecule has 158 valence electrons. The monoisotopic (exact) mass is 412 g/mol. The Bertz CT molecular complexity index is 1020. The summed E-state index contributed by atoms with van der Waals surface area (Å²) in [6.45, 7) is 5.49. The molecule has 0 unspecified atom stereocenters. The fourth-order valence-electron chi connectivity index (χ4n) is 4.99. The number of halogens is 1. The van der Waals surface area contributed by atoms with E-state index < -0.39 is 5.82 Å². The highest BCUT2D eigenvalue weighted by atomic mass is 19.1. The van der Waals surface area contributed by atoms with Crippen molar-refractivity contribution in [2.24, 2.45) is 5.92 Å². The molecule has 2 fully saturated rings. The number of aromatic nitrogens is 2. The third-order valence-electron chi connectivity index (χ3n) is 6.42. The zero-order chi connectivity index (χ0) is 20.7. The van der Waals surface area contributed by atoms with Crippen LogP contribution in [-0.2, 0) is 17.8 Å². The third-order valence-corrected chi connectivity index (χ3v) is 6.42. The Hall–Kier alpha value is -2.58. The molecule has 3 aliphatic heterocycles. The largest absolute Gasteiger partial charge is 0.379 e. The SMILES string of the molecule is O=C(c1cncc(F)c1)N1C[C@@H]2C[C@H](C1)c1ccc(CN3CCOCC3)c(=O)n1C2. The van der Waals surface area contributed by atoms with Gasteiger partial charge in [0, 0.05) is 62.6 Å². The zero-order valence-corrected chi connectivity index (χ0v) is 16.8. The molecule has 8 heteroatoms. The van der Waals surface area contributed by atoms with Gasteiger partial charge in [0.15, 0.2) is 0 Å². The molecule has 2 bridgehead atoms. The molecule has 2 aromatic heterocycles. The number of fused-ring (bicyclic) bond motifs is 4. The van der Waals surface area contributed by atoms with E-state index in [1.54, 1.807) is 4.90 Å². The van der Waals surface area contributed by atoms with Crippen molar-refractivity contribution in [3.05, 3.63) is 63.6 Å². The molecule has 0 aliphatic carbocycles. The highest BCUT2D eigenvalue weighted by Gasteiger charge is 2.37. The fourth-order valence-corrected chi connectivity index (χ4v) is 4.99. The van der Waals surface area contributed by atoms with Crippen molar-refractivity contribution in [2.75, 3.05) is 39.4 Å². The molecule has 7 nitrogen and oxygen atoms in total. The molecule has 1 amide bonds. The summed E-state index contributed by atoms with van der Waals surface area (Å²) in [5.41, 5.74) is 2.17. The number of pyridine rings is 2. The first-order chi connectivity index (χ1) is 14.6. The van der Waals surface area contributed by atoms with E-state index in [-0.39, 0.29) is 28.9 Å². The number of rotatable bonds is 3. The number of hydrogen-bond acceptors (Lipinski definition) is 5. The van der Waals surface area contributed by atoms with Gasteiger partial charge in [0.25, 0.3) is 11.5 Å². The molecule has 5 heterocycles. The second-order valence-corrected chi connectivity index (χ2v) is 8.49. The van der Waals surface area contributed by atoms with E-state index in [0.717, 1.165) is 37.0 Å². The molecule has 2 saturated heterocycles. The van der Waals surface area contributed by atoms with Crippen LogP contribution in [0, 0.1) is 11.7 Å². The molecule has 0 spiro atoms. The third kappa shape index (κ3) is 3.65. The molecule has 30 heavy (non-hydrogen) atoms. The van der Waals surface area contributed by atoms with E-state index in [4.69, 9.17) is 4.74 Å². The Morgan fingerprint density at radius 3 is 2.80 bits per heavy atom. The smallest absolute Gasteiger partial charge is 0.255 e. The van der Waals surface area contributed by atoms with Gasteiger partial charge in [0.1, 0.15) is 5.82 Å². The first-order valence-electron chi connectivity index (χ1n) is 10.5. The molecule has 2 atom stereocenters. The first-order valence-corrected chi connectivity index (χ1v) is 10.5. The van der Waals surface area contributed by atoms with Crippen LogP contribution in [0.3, 0.4) is 0 Å². The van der Waals surface area contributed by atoms with E-state index in [9.17, 15) is 14.0 Å². The number of carbonyl (C=O) groups is 1. The van der Waals surface area contributed by atoms with Crippen molar-refractivity contribution in [3.63, 3.8) is 0 Å². The summed E-state index contributed by atoms with van der Waals surface area (Å²) >= 11 is 0. The predicted molar refractivity (Wildman–Crippen MR) is 108 cm³/mol. The summed E-state index contributed by atoms with van der Waals surface area (Å²) in [6, 6.07) is 5.23. The molecule has 3 aliphatic rings. The average Bonchev–Trinajstić information content (AvgIpc) is 2.76. The van der Waals surface area contributed by atoms with Crippen molar-refractivity contribution in [1.29, 1.82) is 0 Å². The normalized spacial score (nSPS) is 23.8. The van der Waals surface area contributed by atoms with Gasteiger partial charge in [-0.05, 0) is 24.5 Å². The Morgan fingerprint density at radius 1 is 1.17 bits per heavy atom. The average molecular weight is 412 g/mol. The van der Waals surface area contributed by atoms with E-state index in [2.05, 4.69) is 16.0 Å². The van der Waals surface area contributed by atoms with Crippen LogP contribution >= 0.6 is 0 Å². The Balaban J connectivity index is 1.37. The second kappa shape index (κ2) is 7.92. The van der Waals surface area contributed by atoms with Gasteiger partial charge < -0.3 is 14.2 Å². The molecule has 0 N–H and O–H groups in total. The summed E-state index contributed by atoms with van der Waals surface area (Å²) < 4.78 is 20.8. The number of likely N-dealkylation sites (tertiary alicyclic amines) is 1. The van der Waals surface area contributed by atoms with Crippen LogP contribution < -0.4 is 5.56 Å². The fraction of sp³-hybridized carbons (Fsp3) is 0.500. The van der Waals surface area contributed by atoms with Gasteiger partial charge in [-0.25, -0.2) is 4.39 Å². The first kappa shape index (κ1) is 19.4. The van der Waals surface area contributed by atoms with E-state index >= 15 is 0 Å². The molecule has 5 rings (SSSR count). The van der Waals surface area contributed by atoms with E-state index in [1.165, 1.54) is 12.3 Å². The summed E-state index contributed by atoms with van der Waals surface area (Å²) in [5.74, 6) is -0.370. The lowest BCUT2D eigenvalue weighted by Crippen LogP contribution is -2.49. The lowest BCUT2D eigenvalue weighted by atomic mass is 9.82. The van der Waals surface area contributed by atoms with Gasteiger partial charge in [-0.2, -0.15) is 0 Å². The van der Waals surface area contributed by atoms with Crippen molar-refractivity contribution < 1.29 is 13.9 Å². The maximum absolute atomic E-state index is 13.5. The minimum atomic E-state index is -0.511. The van der Waals surface area contributed by atoms with Gasteiger partial charge in [-0.1, -0.05) is 6.07 Å². The number of piperidine rings is 1. The van der Waals surface area contributed by atoms with E-state index in [1.807, 2.05) is 10.6 Å². The summed E-state index contributed by atoms with van der Waals surface area (Å²) in [5, 5.41) is 0. The summed E-state index contributed by atoms with van der Waals surface area (Å²) in [7, 11) is 0. The molecular weight excluding hydrogens is 387 g/mol. The standard InChI is InChI=1S/C22H25FN4O3/c23-19-8-17(9-24-10-19)21(28)26-11-15-7-18(14-26)20-2-1-16(22(29)27(20)12-15)13-25-3-5-30-6-4-25/h1-2,8-10,15,18H,3-7,11-14H2/t15-,18+/m0/s1. The van der Waals surface area contributed by atoms with Crippen LogP contribution in [0.2, 0.25) is 0 Å². The van der Waals surface area contributed by atoms with Crippen LogP contribution in [0.15, 0.2) is 35.4 Å². The quantitative estimate of drug-likeness (QED) is 0.764. The van der Waals surface area contributed by atoms with Crippen LogP contribution in [0.25, 0.3) is 0 Å². The van der Waals surface area contributed by atoms with Gasteiger partial charge in [0.2, 0.25) is 0 Å². The summed E-state index contributed by atoms with van der Waals surface area (Å²) in [6.07, 6.45) is 3.47. The lowest BCUT2D eigenvalue weighted by molar-refractivity contribution is 0.0338. The molecule has 0 aromatic carbocycles.